The smallest absolute Gasteiger partial charge is 0.240 e. The van der Waals surface area contributed by atoms with E-state index in [0.717, 1.165) is 30.5 Å². The van der Waals surface area contributed by atoms with Crippen LogP contribution < -0.4 is 14.8 Å². The number of carbonyl (C=O) groups excluding carboxylic acids is 1. The molecule has 0 radical (unpaired) electrons. The van der Waals surface area contributed by atoms with E-state index < -0.39 is 0 Å². The van der Waals surface area contributed by atoms with Gasteiger partial charge in [0.15, 0.2) is 11.5 Å². The Morgan fingerprint density at radius 1 is 1.21 bits per heavy atom. The van der Waals surface area contributed by atoms with E-state index in [1.807, 2.05) is 53.1 Å². The Bertz CT molecular complexity index is 979. The maximum Gasteiger partial charge on any atom is 0.240 e. The van der Waals surface area contributed by atoms with Crippen molar-refractivity contribution in [2.45, 2.75) is 32.1 Å². The Morgan fingerprint density at radius 3 is 2.79 bits per heavy atom. The van der Waals surface area contributed by atoms with Gasteiger partial charge in [-0.3, -0.25) is 4.79 Å². The molecule has 1 atom stereocenters. The van der Waals surface area contributed by atoms with E-state index in [-0.39, 0.29) is 25.2 Å². The fourth-order valence-electron chi connectivity index (χ4n) is 3.52. The summed E-state index contributed by atoms with van der Waals surface area (Å²) in [6.07, 6.45) is 2.16. The molecular weight excluding hydrogens is 370 g/mol. The van der Waals surface area contributed by atoms with Crippen LogP contribution in [0.3, 0.4) is 0 Å². The zero-order valence-corrected chi connectivity index (χ0v) is 16.5. The number of hydrogen-bond acceptors (Lipinski definition) is 5. The first kappa shape index (κ1) is 19.3. The molecule has 3 aromatic rings. The van der Waals surface area contributed by atoms with E-state index in [1.54, 1.807) is 7.11 Å². The van der Waals surface area contributed by atoms with Gasteiger partial charge in [-0.15, -0.1) is 0 Å². The molecule has 1 fully saturated rings. The number of benzene rings is 2. The van der Waals surface area contributed by atoms with Crippen molar-refractivity contribution in [1.82, 2.24) is 14.9 Å². The topological polar surface area (TPSA) is 74.6 Å². The van der Waals surface area contributed by atoms with E-state index in [2.05, 4.69) is 10.3 Å². The largest absolute Gasteiger partial charge is 0.493 e. The van der Waals surface area contributed by atoms with E-state index in [4.69, 9.17) is 14.2 Å². The second-order valence-electron chi connectivity index (χ2n) is 6.98. The van der Waals surface area contributed by atoms with Crippen LogP contribution in [0.25, 0.3) is 11.0 Å². The third-order valence-electron chi connectivity index (χ3n) is 5.01. The lowest BCUT2D eigenvalue weighted by Crippen LogP contribution is -2.34. The number of hydrogen-bond donors (Lipinski definition) is 1. The minimum absolute atomic E-state index is 0.0674. The normalized spacial score (nSPS) is 16.1. The molecule has 2 heterocycles. The zero-order valence-electron chi connectivity index (χ0n) is 16.5. The lowest BCUT2D eigenvalue weighted by atomic mass is 10.2. The van der Waals surface area contributed by atoms with E-state index in [9.17, 15) is 4.79 Å². The van der Waals surface area contributed by atoms with Gasteiger partial charge < -0.3 is 24.1 Å². The molecule has 7 heteroatoms. The van der Waals surface area contributed by atoms with Crippen LogP contribution in [0.4, 0.5) is 0 Å². The summed E-state index contributed by atoms with van der Waals surface area (Å²) in [4.78, 5) is 17.2. The summed E-state index contributed by atoms with van der Waals surface area (Å²) >= 11 is 0. The number of nitrogens with one attached hydrogen (secondary N) is 1. The molecule has 29 heavy (non-hydrogen) atoms. The highest BCUT2D eigenvalue weighted by atomic mass is 16.5. The minimum atomic E-state index is -0.0674. The number of rotatable bonds is 8. The highest BCUT2D eigenvalue weighted by Gasteiger charge is 2.18. The summed E-state index contributed by atoms with van der Waals surface area (Å²) in [5.41, 5.74) is 1.73. The predicted molar refractivity (Wildman–Crippen MR) is 109 cm³/mol. The van der Waals surface area contributed by atoms with Gasteiger partial charge >= 0.3 is 0 Å². The molecule has 0 saturated carbocycles. The first-order chi connectivity index (χ1) is 14.2. The summed E-state index contributed by atoms with van der Waals surface area (Å²) in [7, 11) is 1.61. The second-order valence-corrected chi connectivity index (χ2v) is 6.98. The fraction of sp³-hybridized carbons (Fsp3) is 0.364. The number of methoxy groups -OCH3 is 1. The van der Waals surface area contributed by atoms with Gasteiger partial charge in [-0.1, -0.05) is 24.3 Å². The van der Waals surface area contributed by atoms with Gasteiger partial charge in [-0.05, 0) is 37.1 Å². The van der Waals surface area contributed by atoms with Crippen molar-refractivity contribution in [3.8, 4) is 11.5 Å². The van der Waals surface area contributed by atoms with Crippen LogP contribution >= 0.6 is 0 Å². The van der Waals surface area contributed by atoms with Crippen LogP contribution in [-0.4, -0.2) is 41.8 Å². The van der Waals surface area contributed by atoms with Crippen LogP contribution in [0, 0.1) is 0 Å². The summed E-state index contributed by atoms with van der Waals surface area (Å²) in [5, 5.41) is 2.97. The number of carbonyl (C=O) groups is 1. The second kappa shape index (κ2) is 8.96. The Hall–Kier alpha value is -3.06. The lowest BCUT2D eigenvalue weighted by molar-refractivity contribution is -0.122. The first-order valence-electron chi connectivity index (χ1n) is 9.83. The molecule has 1 aromatic heterocycles. The number of ether oxygens (including phenoxy) is 3. The maximum atomic E-state index is 12.6. The molecule has 1 unspecified atom stereocenters. The van der Waals surface area contributed by atoms with Crippen molar-refractivity contribution in [3.63, 3.8) is 0 Å². The maximum absolute atomic E-state index is 12.6. The number of imidazole rings is 1. The Kier molecular flexibility index (Phi) is 5.95. The quantitative estimate of drug-likeness (QED) is 0.635. The first-order valence-corrected chi connectivity index (χ1v) is 9.83. The third-order valence-corrected chi connectivity index (χ3v) is 5.01. The van der Waals surface area contributed by atoms with Gasteiger partial charge in [0.1, 0.15) is 19.0 Å². The van der Waals surface area contributed by atoms with E-state index in [1.165, 1.54) is 0 Å². The number of para-hydroxylation sites is 4. The molecule has 2 aromatic carbocycles. The van der Waals surface area contributed by atoms with Gasteiger partial charge in [-0.25, -0.2) is 4.98 Å². The minimum Gasteiger partial charge on any atom is -0.493 e. The van der Waals surface area contributed by atoms with Crippen LogP contribution in [0.15, 0.2) is 48.5 Å². The molecule has 1 amide bonds. The van der Waals surface area contributed by atoms with Crippen molar-refractivity contribution in [3.05, 3.63) is 54.4 Å². The average molecular weight is 395 g/mol. The standard InChI is InChI=1S/C22H25N3O4/c1-27-19-10-4-5-11-20(19)29-15-21-24-17-8-2-3-9-18(17)25(21)14-22(26)23-13-16-7-6-12-28-16/h2-5,8-11,16H,6-7,12-15H2,1H3,(H,23,26). The van der Waals surface area contributed by atoms with E-state index >= 15 is 0 Å². The summed E-state index contributed by atoms with van der Waals surface area (Å²) < 4.78 is 18.8. The summed E-state index contributed by atoms with van der Waals surface area (Å²) in [5.74, 6) is 1.91. The summed E-state index contributed by atoms with van der Waals surface area (Å²) in [6, 6.07) is 15.2. The monoisotopic (exact) mass is 395 g/mol. The van der Waals surface area contributed by atoms with Gasteiger partial charge in [-0.2, -0.15) is 0 Å². The zero-order chi connectivity index (χ0) is 20.1. The molecule has 7 nitrogen and oxygen atoms in total. The van der Waals surface area contributed by atoms with Gasteiger partial charge in [0.25, 0.3) is 0 Å². The Balaban J connectivity index is 1.50. The molecule has 152 valence electrons. The van der Waals surface area contributed by atoms with E-state index in [0.29, 0.717) is 23.9 Å². The summed E-state index contributed by atoms with van der Waals surface area (Å²) in [6.45, 7) is 1.72. The van der Waals surface area contributed by atoms with Crippen LogP contribution in [0.2, 0.25) is 0 Å². The number of fused-ring (bicyclic) bond motifs is 1. The van der Waals surface area contributed by atoms with Crippen molar-refractivity contribution in [1.29, 1.82) is 0 Å². The third kappa shape index (κ3) is 4.51. The molecule has 0 aliphatic carbocycles. The van der Waals surface area contributed by atoms with Gasteiger partial charge in [0.2, 0.25) is 5.91 Å². The van der Waals surface area contributed by atoms with Crippen LogP contribution in [0.1, 0.15) is 18.7 Å². The van der Waals surface area contributed by atoms with Gasteiger partial charge in [0, 0.05) is 13.2 Å². The van der Waals surface area contributed by atoms with Crippen molar-refractivity contribution >= 4 is 16.9 Å². The highest BCUT2D eigenvalue weighted by molar-refractivity contribution is 5.81. The molecule has 1 saturated heterocycles. The molecule has 1 N–H and O–H groups in total. The molecule has 0 spiro atoms. The molecule has 1 aliphatic heterocycles. The van der Waals surface area contributed by atoms with Crippen molar-refractivity contribution in [2.24, 2.45) is 0 Å². The predicted octanol–water partition coefficient (Wildman–Crippen LogP) is 2.92. The average Bonchev–Trinajstić information content (AvgIpc) is 3.39. The highest BCUT2D eigenvalue weighted by Crippen LogP contribution is 2.27. The number of aromatic nitrogens is 2. The fourth-order valence-corrected chi connectivity index (χ4v) is 3.52. The SMILES string of the molecule is COc1ccccc1OCc1nc2ccccc2n1CC(=O)NCC1CCCO1. The Morgan fingerprint density at radius 2 is 2.00 bits per heavy atom. The van der Waals surface area contributed by atoms with Crippen molar-refractivity contribution in [2.75, 3.05) is 20.3 Å². The van der Waals surface area contributed by atoms with Gasteiger partial charge in [0.05, 0.1) is 24.2 Å². The van der Waals surface area contributed by atoms with Crippen LogP contribution in [-0.2, 0) is 22.7 Å². The molecule has 0 bridgehead atoms. The Labute approximate surface area is 169 Å². The van der Waals surface area contributed by atoms with Crippen molar-refractivity contribution < 1.29 is 19.0 Å². The number of nitrogens with zero attached hydrogens (tertiary/aromatic N) is 2. The lowest BCUT2D eigenvalue weighted by Gasteiger charge is -2.14. The molecular formula is C22H25N3O4. The van der Waals surface area contributed by atoms with Crippen LogP contribution in [0.5, 0.6) is 11.5 Å². The number of amides is 1. The molecule has 1 aliphatic rings. The molecule has 4 rings (SSSR count).